The maximum Gasteiger partial charge on any atom is 0.494 e. The number of anilines is 3. The van der Waals surface area contributed by atoms with E-state index in [1.54, 1.807) is 75.8 Å². The van der Waals surface area contributed by atoms with Gasteiger partial charge in [0, 0.05) is 91.7 Å². The maximum absolute atomic E-state index is 13.2. The van der Waals surface area contributed by atoms with E-state index < -0.39 is 100 Å². The summed E-state index contributed by atoms with van der Waals surface area (Å²) >= 11 is 22.8. The van der Waals surface area contributed by atoms with E-state index in [1.165, 1.54) is 125 Å². The van der Waals surface area contributed by atoms with Crippen LogP contribution >= 0.6 is 97.2 Å². The molecule has 0 radical (unpaired) electrons. The lowest BCUT2D eigenvalue weighted by atomic mass is 9.79. The number of nitrogens with zero attached hydrogens (tertiary/aromatic N) is 3. The van der Waals surface area contributed by atoms with Crippen molar-refractivity contribution >= 4 is 210 Å². The lowest BCUT2D eigenvalue weighted by Gasteiger charge is -2.32. The van der Waals surface area contributed by atoms with Gasteiger partial charge < -0.3 is 77.1 Å². The van der Waals surface area contributed by atoms with Crippen molar-refractivity contribution in [2.24, 2.45) is 5.73 Å². The highest BCUT2D eigenvalue weighted by atomic mass is 79.9. The molecule has 33 nitrogen and oxygen atoms in total. The first-order valence-corrected chi connectivity index (χ1v) is 54.8. The molecule has 13 aromatic rings. The minimum atomic E-state index is -3.95. The van der Waals surface area contributed by atoms with Gasteiger partial charge in [-0.15, -0.1) is 69.6 Å². The highest BCUT2D eigenvalue weighted by Gasteiger charge is 2.52. The van der Waals surface area contributed by atoms with Crippen molar-refractivity contribution in [1.29, 1.82) is 0 Å². The number of nitrogens with two attached hydrogens (primary N) is 1. The summed E-state index contributed by atoms with van der Waals surface area (Å²) in [5, 5.41) is 26.1. The number of halogens is 5. The van der Waals surface area contributed by atoms with Crippen molar-refractivity contribution in [3.63, 3.8) is 0 Å². The van der Waals surface area contributed by atoms with Gasteiger partial charge in [0.2, 0.25) is 29.5 Å². The summed E-state index contributed by atoms with van der Waals surface area (Å²) < 4.78 is 107. The summed E-state index contributed by atoms with van der Waals surface area (Å²) in [6.45, 7) is 27.0. The number of benzene rings is 10. The second kappa shape index (κ2) is 50.2. The van der Waals surface area contributed by atoms with Crippen LogP contribution < -0.4 is 59.0 Å². The van der Waals surface area contributed by atoms with Gasteiger partial charge in [-0.3, -0.25) is 28.8 Å². The van der Waals surface area contributed by atoms with Gasteiger partial charge in [0.05, 0.1) is 99.3 Å². The molecule has 45 heteroatoms. The average molecular weight is 2280 g/mol. The molecule has 149 heavy (non-hydrogen) atoms. The number of thiazole rings is 3. The number of nitrogens with one attached hydrogen (secondary N) is 9. The van der Waals surface area contributed by atoms with E-state index >= 15 is 0 Å². The number of fused-ring (bicyclic) bond motifs is 6. The van der Waals surface area contributed by atoms with E-state index in [0.29, 0.717) is 30.6 Å². The number of amides is 9. The number of sulfone groups is 3. The van der Waals surface area contributed by atoms with E-state index in [4.69, 9.17) is 64.1 Å². The van der Waals surface area contributed by atoms with E-state index in [0.717, 1.165) is 68.0 Å². The second-order valence-electron chi connectivity index (χ2n) is 37.1. The molecule has 7 heterocycles. The van der Waals surface area contributed by atoms with Crippen molar-refractivity contribution in [3.05, 3.63) is 322 Å². The van der Waals surface area contributed by atoms with Gasteiger partial charge in [0.25, 0.3) is 35.4 Å². The number of alkyl carbamates (subject to hydrolysis) is 3. The van der Waals surface area contributed by atoms with Crippen molar-refractivity contribution in [3.8, 4) is 21.1 Å². The third-order valence-corrected chi connectivity index (χ3v) is 31.4. The third kappa shape index (κ3) is 31.4. The highest BCUT2D eigenvalue weighted by molar-refractivity contribution is 9.10. The Hall–Kier alpha value is -12.8. The summed E-state index contributed by atoms with van der Waals surface area (Å²) in [5.74, 6) is -2.89. The van der Waals surface area contributed by atoms with Gasteiger partial charge in [-0.25, -0.2) is 54.6 Å². The van der Waals surface area contributed by atoms with Crippen molar-refractivity contribution < 1.29 is 91.9 Å². The molecular weight excluding hydrogens is 2180 g/mol. The SMILES string of the molecule is CC(C)(C)OC(=O)NCc1ccc(-c2ncc(CNC(=O)c3ccc4c(c3)NC(=O)c3ccccc3S4(=O)=O)s2)cc1.CC(C)(C)OC(=O)NCc1ccc(B2OC(C)(C)C(C)(C)O2)cc1.CC(C)(C)OC(=O)NCc1ccc(Br)cc1.Cl.ClCCl.NCc1ccc(-c2ncc(CNC(=O)c3ccc4c(c3)NC(=O)c3ccccc3S4(=O)=O)s2)cc1.O=C(NCc1cnc(Cl)s1)c1ccc2c(c1)NC(=O)c1ccccc1S2(=O)=O. The number of rotatable bonds is 19. The largest absolute Gasteiger partial charge is 0.494 e. The molecule has 4 aliphatic rings. The second-order valence-corrected chi connectivity index (χ2v) is 48.4. The standard InChI is InChI=1S/C30H28N4O6S2.C25H20N4O4S2.C18H28BNO4.C18H12ClN3O4S2.C12H16BrNO2.CH2Cl2.ClH/c1-30(2,3)40-29(37)33-15-18-8-10-19(11-9-18)28-32-17-21(41-28)16-31-26(35)20-12-13-25-23(14-20)34-27(36)22-6-4-5-7-24(22)42(25,38)39;26-12-15-5-7-16(8-6-15)25-28-14-18(34-25)13-27-23(30)17-9-10-22-20(11-17)29-24(31)19-3-1-2-4-21(19)35(22,32)33;1-16(2,3)22-15(21)20-12-13-8-10-14(11-9-13)19-23-17(4,5)18(6,7)24-19;19-18-21-9-11(27-18)8-20-16(23)10-5-6-15-13(7-10)22-17(24)12-3-1-2-4-14(12)28(15,25)26;1-12(2,3)16-11(15)14-8-9-4-6-10(13)7-5-9;2-1-3;/h4-14,17H,15-16H2,1-3H3,(H,31,35)(H,33,37)(H,34,36);1-11,14H,12-13,26H2,(H,27,30)(H,29,31);8-11H,12H2,1-7H3,(H,20,21);1-7,9H,8H2,(H,20,23)(H,22,24);4-7H,8H2,1-3H3,(H,14,15);1H2;1H. The number of hydrogen-bond donors (Lipinski definition) is 10. The Morgan fingerprint density at radius 1 is 0.403 bits per heavy atom. The molecule has 782 valence electrons. The monoisotopic (exact) mass is 2280 g/mol. The molecule has 0 bridgehead atoms. The van der Waals surface area contributed by atoms with Crippen molar-refractivity contribution in [2.75, 3.05) is 21.3 Å². The number of ether oxygens (including phenoxy) is 3. The third-order valence-electron chi connectivity index (χ3n) is 22.1. The molecule has 17 rings (SSSR count). The molecule has 9 amide bonds. The molecule has 0 spiro atoms. The fourth-order valence-corrected chi connectivity index (χ4v) is 21.9. The molecular formula is C104H107BBrCl4N13O20S6. The number of carbonyl (C=O) groups excluding carboxylic acids is 9. The minimum Gasteiger partial charge on any atom is -0.444 e. The quantitative estimate of drug-likeness (QED) is 0.0204. The first-order valence-electron chi connectivity index (χ1n) is 45.6. The number of aromatic nitrogens is 3. The smallest absolute Gasteiger partial charge is 0.444 e. The number of alkyl halides is 2. The van der Waals surface area contributed by atoms with Gasteiger partial charge in [-0.05, 0) is 221 Å². The molecule has 3 aromatic heterocycles. The van der Waals surface area contributed by atoms with Crippen LogP contribution in [0, 0.1) is 0 Å². The van der Waals surface area contributed by atoms with Crippen LogP contribution in [0.2, 0.25) is 4.47 Å². The zero-order valence-electron chi connectivity index (χ0n) is 82.8. The lowest BCUT2D eigenvalue weighted by Crippen LogP contribution is -2.41. The molecule has 0 unspecified atom stereocenters. The van der Waals surface area contributed by atoms with Crippen LogP contribution in [0.15, 0.2) is 277 Å². The summed E-state index contributed by atoms with van der Waals surface area (Å²) in [5.41, 5.74) is 11.2. The number of hydrogen-bond acceptors (Lipinski definition) is 27. The molecule has 0 saturated carbocycles. The van der Waals surface area contributed by atoms with Crippen LogP contribution in [0.5, 0.6) is 0 Å². The predicted octanol–water partition coefficient (Wildman–Crippen LogP) is 20.2. The number of carbonyl (C=O) groups is 9. The van der Waals surface area contributed by atoms with E-state index in [-0.39, 0.29) is 136 Å². The topological polar surface area (TPSA) is 475 Å². The van der Waals surface area contributed by atoms with Gasteiger partial charge in [-0.1, -0.05) is 149 Å². The fraction of sp³-hybridized carbons (Fsp3) is 0.250. The Labute approximate surface area is 904 Å². The van der Waals surface area contributed by atoms with Gasteiger partial charge in [0.15, 0.2) is 4.47 Å². The normalized spacial score (nSPS) is 14.2. The summed E-state index contributed by atoms with van der Waals surface area (Å²) in [7, 11) is -12.2. The zero-order chi connectivity index (χ0) is 108. The Morgan fingerprint density at radius 3 is 0.993 bits per heavy atom. The predicted molar refractivity (Wildman–Crippen MR) is 582 cm³/mol. The van der Waals surface area contributed by atoms with Crippen molar-refractivity contribution in [2.45, 2.75) is 193 Å². The Bertz CT molecular complexity index is 7460. The van der Waals surface area contributed by atoms with Crippen LogP contribution in [0.4, 0.5) is 31.4 Å². The van der Waals surface area contributed by atoms with Gasteiger partial charge >= 0.3 is 25.4 Å². The van der Waals surface area contributed by atoms with Crippen LogP contribution in [-0.4, -0.2) is 134 Å². The van der Waals surface area contributed by atoms with Crippen LogP contribution in [0.3, 0.4) is 0 Å². The van der Waals surface area contributed by atoms with E-state index in [1.807, 2.05) is 166 Å². The molecule has 11 N–H and O–H groups in total. The molecule has 0 atom stereocenters. The molecule has 1 saturated heterocycles. The Morgan fingerprint density at radius 2 is 0.691 bits per heavy atom. The molecule has 1 fully saturated rings. The Kier molecular flexibility index (Phi) is 39.2. The highest BCUT2D eigenvalue weighted by Crippen LogP contribution is 2.41. The van der Waals surface area contributed by atoms with Crippen LogP contribution in [-0.2, 0) is 98.8 Å². The zero-order valence-corrected chi connectivity index (χ0v) is 92.4. The maximum atomic E-state index is 13.2. The van der Waals surface area contributed by atoms with E-state index in [9.17, 15) is 68.4 Å². The first-order chi connectivity index (χ1) is 69.8. The van der Waals surface area contributed by atoms with Crippen LogP contribution in [0.1, 0.15) is 189 Å². The lowest BCUT2D eigenvalue weighted by molar-refractivity contribution is 0.00578. The Balaban J connectivity index is 0.000000180. The summed E-state index contributed by atoms with van der Waals surface area (Å²) in [6, 6.07) is 61.4. The molecule has 4 aliphatic heterocycles. The van der Waals surface area contributed by atoms with Crippen LogP contribution in [0.25, 0.3) is 21.1 Å². The molecule has 0 aliphatic carbocycles. The first kappa shape index (κ1) is 116. The summed E-state index contributed by atoms with van der Waals surface area (Å²) in [4.78, 5) is 126. The van der Waals surface area contributed by atoms with Gasteiger partial charge in [-0.2, -0.15) is 0 Å². The van der Waals surface area contributed by atoms with Gasteiger partial charge in [0.1, 0.15) is 26.8 Å². The minimum absolute atomic E-state index is 0. The van der Waals surface area contributed by atoms with Crippen molar-refractivity contribution in [1.82, 2.24) is 46.9 Å². The summed E-state index contributed by atoms with van der Waals surface area (Å²) in [6.07, 6.45) is 3.66. The molecule has 10 aromatic carbocycles. The fourth-order valence-electron chi connectivity index (χ4n) is 14.2. The van der Waals surface area contributed by atoms with E-state index in [2.05, 4.69) is 78.7 Å². The average Bonchev–Trinajstić information content (AvgIpc) is 1.63.